The molecule has 2 aromatic carbocycles. The molecule has 0 spiro atoms. The number of aromatic nitrogens is 1. The van der Waals surface area contributed by atoms with E-state index in [2.05, 4.69) is 11.6 Å². The second-order valence-electron chi connectivity index (χ2n) is 6.86. The number of hydrogen-bond acceptors (Lipinski definition) is 6. The number of thiazole rings is 1. The molecule has 0 N–H and O–H groups in total. The molecule has 3 aromatic rings. The van der Waals surface area contributed by atoms with Gasteiger partial charge in [-0.25, -0.2) is 4.98 Å². The molecule has 1 heterocycles. The highest BCUT2D eigenvalue weighted by atomic mass is 32.1. The molecule has 1 amide bonds. The second kappa shape index (κ2) is 10.6. The van der Waals surface area contributed by atoms with E-state index in [0.717, 1.165) is 16.3 Å². The molecule has 0 aliphatic rings. The van der Waals surface area contributed by atoms with Crippen LogP contribution in [0.15, 0.2) is 60.5 Å². The van der Waals surface area contributed by atoms with Gasteiger partial charge in [0.15, 0.2) is 11.5 Å². The predicted molar refractivity (Wildman–Crippen MR) is 122 cm³/mol. The number of rotatable bonds is 10. The van der Waals surface area contributed by atoms with Gasteiger partial charge in [-0.15, -0.1) is 17.9 Å². The minimum absolute atomic E-state index is 0.0480. The third-order valence-electron chi connectivity index (χ3n) is 4.58. The summed E-state index contributed by atoms with van der Waals surface area (Å²) in [5.74, 6) is 1.68. The normalized spacial score (nSPS) is 10.4. The lowest BCUT2D eigenvalue weighted by Gasteiger charge is -2.20. The van der Waals surface area contributed by atoms with Crippen LogP contribution < -0.4 is 14.2 Å². The zero-order valence-corrected chi connectivity index (χ0v) is 18.8. The quantitative estimate of drug-likeness (QED) is 0.423. The molecule has 7 heteroatoms. The first-order chi connectivity index (χ1) is 15.0. The van der Waals surface area contributed by atoms with Gasteiger partial charge in [0.05, 0.1) is 26.5 Å². The standard InChI is InChI=1S/C24H26N2O4S/c1-5-12-26(24(27)18-9-6-8-17(2)13-18)14-19-16-31-22(25-19)15-30-23-20(28-3)10-7-11-21(23)29-4/h5-11,13,16H,1,12,14-15H2,2-4H3. The lowest BCUT2D eigenvalue weighted by Crippen LogP contribution is -2.30. The van der Waals surface area contributed by atoms with Crippen molar-refractivity contribution in [3.63, 3.8) is 0 Å². The van der Waals surface area contributed by atoms with Gasteiger partial charge in [-0.3, -0.25) is 4.79 Å². The Labute approximate surface area is 186 Å². The molecular weight excluding hydrogens is 412 g/mol. The van der Waals surface area contributed by atoms with Gasteiger partial charge in [-0.1, -0.05) is 29.8 Å². The van der Waals surface area contributed by atoms with E-state index in [0.29, 0.717) is 35.9 Å². The molecule has 0 aliphatic carbocycles. The zero-order chi connectivity index (χ0) is 22.2. The smallest absolute Gasteiger partial charge is 0.254 e. The van der Waals surface area contributed by atoms with Gasteiger partial charge in [0.25, 0.3) is 5.91 Å². The molecule has 0 saturated carbocycles. The molecule has 0 unspecified atom stereocenters. The largest absolute Gasteiger partial charge is 0.493 e. The highest BCUT2D eigenvalue weighted by Crippen LogP contribution is 2.37. The van der Waals surface area contributed by atoms with Crippen LogP contribution >= 0.6 is 11.3 Å². The molecular formula is C24H26N2O4S. The molecule has 0 saturated heterocycles. The maximum absolute atomic E-state index is 13.0. The van der Waals surface area contributed by atoms with Gasteiger partial charge >= 0.3 is 0 Å². The van der Waals surface area contributed by atoms with Gasteiger partial charge in [-0.2, -0.15) is 0 Å². The number of aryl methyl sites for hydroxylation is 1. The third-order valence-corrected chi connectivity index (χ3v) is 5.45. The van der Waals surface area contributed by atoms with Gasteiger partial charge in [0.1, 0.15) is 11.6 Å². The number of nitrogens with zero attached hydrogens (tertiary/aromatic N) is 2. The molecule has 0 aliphatic heterocycles. The lowest BCUT2D eigenvalue weighted by molar-refractivity contribution is 0.0761. The summed E-state index contributed by atoms with van der Waals surface area (Å²) in [6.07, 6.45) is 1.72. The van der Waals surface area contributed by atoms with Crippen molar-refractivity contribution in [3.05, 3.63) is 82.3 Å². The van der Waals surface area contributed by atoms with E-state index < -0.39 is 0 Å². The monoisotopic (exact) mass is 438 g/mol. The molecule has 0 radical (unpaired) electrons. The Hall–Kier alpha value is -3.32. The fraction of sp³-hybridized carbons (Fsp3) is 0.250. The summed E-state index contributed by atoms with van der Waals surface area (Å²) >= 11 is 1.48. The Morgan fingerprint density at radius 2 is 1.87 bits per heavy atom. The van der Waals surface area contributed by atoms with Gasteiger partial charge in [-0.05, 0) is 31.2 Å². The number of para-hydroxylation sites is 1. The van der Waals surface area contributed by atoms with Crippen LogP contribution in [0.1, 0.15) is 26.6 Å². The Bertz CT molecular complexity index is 1030. The number of carbonyl (C=O) groups excluding carboxylic acids is 1. The summed E-state index contributed by atoms with van der Waals surface area (Å²) in [6, 6.07) is 13.0. The van der Waals surface area contributed by atoms with E-state index in [-0.39, 0.29) is 12.5 Å². The number of amides is 1. The van der Waals surface area contributed by atoms with Gasteiger partial charge < -0.3 is 19.1 Å². The van der Waals surface area contributed by atoms with Gasteiger partial charge in [0.2, 0.25) is 5.75 Å². The number of methoxy groups -OCH3 is 2. The maximum atomic E-state index is 13.0. The van der Waals surface area contributed by atoms with E-state index in [1.54, 1.807) is 25.2 Å². The van der Waals surface area contributed by atoms with Crippen molar-refractivity contribution in [2.45, 2.75) is 20.1 Å². The Morgan fingerprint density at radius 3 is 2.52 bits per heavy atom. The summed E-state index contributed by atoms with van der Waals surface area (Å²) in [5, 5.41) is 2.74. The first-order valence-electron chi connectivity index (χ1n) is 9.79. The van der Waals surface area contributed by atoms with Crippen LogP contribution in [-0.2, 0) is 13.2 Å². The summed E-state index contributed by atoms with van der Waals surface area (Å²) < 4.78 is 16.7. The molecule has 0 fully saturated rings. The van der Waals surface area contributed by atoms with E-state index in [9.17, 15) is 4.79 Å². The summed E-state index contributed by atoms with van der Waals surface area (Å²) in [6.45, 7) is 6.86. The summed E-state index contributed by atoms with van der Waals surface area (Å²) in [7, 11) is 3.17. The molecule has 31 heavy (non-hydrogen) atoms. The minimum Gasteiger partial charge on any atom is -0.493 e. The van der Waals surface area contributed by atoms with Crippen LogP contribution in [0.25, 0.3) is 0 Å². The van der Waals surface area contributed by atoms with Crippen LogP contribution in [0.4, 0.5) is 0 Å². The highest BCUT2D eigenvalue weighted by molar-refractivity contribution is 7.09. The van der Waals surface area contributed by atoms with Gasteiger partial charge in [0, 0.05) is 17.5 Å². The van der Waals surface area contributed by atoms with Crippen LogP contribution in [-0.4, -0.2) is 36.6 Å². The molecule has 0 atom stereocenters. The highest BCUT2D eigenvalue weighted by Gasteiger charge is 2.17. The van der Waals surface area contributed by atoms with E-state index >= 15 is 0 Å². The summed E-state index contributed by atoms with van der Waals surface area (Å²) in [4.78, 5) is 19.3. The van der Waals surface area contributed by atoms with Crippen molar-refractivity contribution >= 4 is 17.2 Å². The Balaban J connectivity index is 1.70. The number of ether oxygens (including phenoxy) is 3. The molecule has 0 bridgehead atoms. The van der Waals surface area contributed by atoms with E-state index in [1.165, 1.54) is 11.3 Å². The maximum Gasteiger partial charge on any atom is 0.254 e. The zero-order valence-electron chi connectivity index (χ0n) is 18.0. The average molecular weight is 439 g/mol. The van der Waals surface area contributed by atoms with Crippen LogP contribution in [0.3, 0.4) is 0 Å². The molecule has 162 valence electrons. The third kappa shape index (κ3) is 5.64. The minimum atomic E-state index is -0.0480. The lowest BCUT2D eigenvalue weighted by atomic mass is 10.1. The summed E-state index contributed by atoms with van der Waals surface area (Å²) in [5.41, 5.74) is 2.51. The Kier molecular flexibility index (Phi) is 7.67. The van der Waals surface area contributed by atoms with Crippen molar-refractivity contribution in [3.8, 4) is 17.2 Å². The number of carbonyl (C=O) groups is 1. The fourth-order valence-electron chi connectivity index (χ4n) is 3.11. The van der Waals surface area contributed by atoms with Crippen LogP contribution in [0.5, 0.6) is 17.2 Å². The van der Waals surface area contributed by atoms with E-state index in [1.807, 2.05) is 54.8 Å². The average Bonchev–Trinajstić information content (AvgIpc) is 3.23. The van der Waals surface area contributed by atoms with E-state index in [4.69, 9.17) is 14.2 Å². The topological polar surface area (TPSA) is 60.9 Å². The van der Waals surface area contributed by atoms with Crippen molar-refractivity contribution in [1.82, 2.24) is 9.88 Å². The van der Waals surface area contributed by atoms with Crippen molar-refractivity contribution in [2.75, 3.05) is 20.8 Å². The van der Waals surface area contributed by atoms with Crippen molar-refractivity contribution in [1.29, 1.82) is 0 Å². The number of hydrogen-bond donors (Lipinski definition) is 0. The van der Waals surface area contributed by atoms with Crippen molar-refractivity contribution < 1.29 is 19.0 Å². The molecule has 3 rings (SSSR count). The van der Waals surface area contributed by atoms with Crippen molar-refractivity contribution in [2.24, 2.45) is 0 Å². The van der Waals surface area contributed by atoms with Crippen LogP contribution in [0.2, 0.25) is 0 Å². The SMILES string of the molecule is C=CCN(Cc1csc(COc2c(OC)cccc2OC)n1)C(=O)c1cccc(C)c1. The molecule has 1 aromatic heterocycles. The fourth-order valence-corrected chi connectivity index (χ4v) is 3.81. The second-order valence-corrected chi connectivity index (χ2v) is 7.80. The van der Waals surface area contributed by atoms with Crippen LogP contribution in [0, 0.1) is 6.92 Å². The number of benzene rings is 2. The first kappa shape index (κ1) is 22.4. The first-order valence-corrected chi connectivity index (χ1v) is 10.7. The molecule has 6 nitrogen and oxygen atoms in total. The predicted octanol–water partition coefficient (Wildman–Crippen LogP) is 4.88. The Morgan fingerprint density at radius 1 is 1.16 bits per heavy atom.